The normalized spacial score (nSPS) is 14.5. The van der Waals surface area contributed by atoms with Gasteiger partial charge in [-0.1, -0.05) is 18.2 Å². The SMILES string of the molecule is C[C@H](OC(=O)c1cc(C2CC2)nn1-c1ccccc1)C(=O)c1ccc(F)cc1. The van der Waals surface area contributed by atoms with Crippen LogP contribution in [0.5, 0.6) is 0 Å². The molecule has 0 radical (unpaired) electrons. The molecule has 1 heterocycles. The van der Waals surface area contributed by atoms with Crippen LogP contribution in [0.1, 0.15) is 52.2 Å². The van der Waals surface area contributed by atoms with E-state index in [1.54, 1.807) is 10.7 Å². The zero-order chi connectivity index (χ0) is 19.7. The van der Waals surface area contributed by atoms with Crippen LogP contribution < -0.4 is 0 Å². The van der Waals surface area contributed by atoms with Crippen molar-refractivity contribution in [2.75, 3.05) is 0 Å². The summed E-state index contributed by atoms with van der Waals surface area (Å²) >= 11 is 0. The number of aromatic nitrogens is 2. The summed E-state index contributed by atoms with van der Waals surface area (Å²) in [6.45, 7) is 1.51. The molecule has 4 rings (SSSR count). The summed E-state index contributed by atoms with van der Waals surface area (Å²) < 4.78 is 20.0. The maximum absolute atomic E-state index is 13.1. The van der Waals surface area contributed by atoms with Crippen LogP contribution in [0.15, 0.2) is 60.7 Å². The number of rotatable bonds is 6. The Morgan fingerprint density at radius 1 is 1.11 bits per heavy atom. The van der Waals surface area contributed by atoms with Crippen molar-refractivity contribution in [3.8, 4) is 5.69 Å². The highest BCUT2D eigenvalue weighted by Gasteiger charge is 2.30. The van der Waals surface area contributed by atoms with Gasteiger partial charge in [0.05, 0.1) is 11.4 Å². The molecule has 0 spiro atoms. The van der Waals surface area contributed by atoms with E-state index in [0.717, 1.165) is 24.2 Å². The molecule has 0 aliphatic heterocycles. The van der Waals surface area contributed by atoms with Crippen molar-refractivity contribution < 1.29 is 18.7 Å². The van der Waals surface area contributed by atoms with E-state index in [4.69, 9.17) is 4.74 Å². The van der Waals surface area contributed by atoms with E-state index in [9.17, 15) is 14.0 Å². The summed E-state index contributed by atoms with van der Waals surface area (Å²) in [5.74, 6) is -1.07. The van der Waals surface area contributed by atoms with Gasteiger partial charge in [-0.15, -0.1) is 0 Å². The molecule has 0 bridgehead atoms. The van der Waals surface area contributed by atoms with Crippen molar-refractivity contribution in [3.63, 3.8) is 0 Å². The third-order valence-electron chi connectivity index (χ3n) is 4.72. The van der Waals surface area contributed by atoms with E-state index in [0.29, 0.717) is 5.92 Å². The first kappa shape index (κ1) is 18.1. The fourth-order valence-electron chi connectivity index (χ4n) is 3.01. The lowest BCUT2D eigenvalue weighted by Gasteiger charge is -2.13. The van der Waals surface area contributed by atoms with Gasteiger partial charge < -0.3 is 4.74 Å². The minimum atomic E-state index is -0.999. The Labute approximate surface area is 161 Å². The topological polar surface area (TPSA) is 61.2 Å². The van der Waals surface area contributed by atoms with Gasteiger partial charge in [-0.3, -0.25) is 4.79 Å². The lowest BCUT2D eigenvalue weighted by atomic mass is 10.1. The van der Waals surface area contributed by atoms with Crippen molar-refractivity contribution in [1.82, 2.24) is 9.78 Å². The van der Waals surface area contributed by atoms with Gasteiger partial charge in [0.2, 0.25) is 5.78 Å². The summed E-state index contributed by atoms with van der Waals surface area (Å²) in [5, 5.41) is 4.57. The van der Waals surface area contributed by atoms with Gasteiger partial charge in [0.1, 0.15) is 5.82 Å². The van der Waals surface area contributed by atoms with Crippen LogP contribution in [0.2, 0.25) is 0 Å². The number of para-hydroxylation sites is 1. The van der Waals surface area contributed by atoms with Crippen molar-refractivity contribution in [3.05, 3.63) is 83.4 Å². The molecular formula is C22H19FN2O3. The average molecular weight is 378 g/mol. The van der Waals surface area contributed by atoms with Gasteiger partial charge in [0.15, 0.2) is 11.8 Å². The minimum absolute atomic E-state index is 0.284. The van der Waals surface area contributed by atoms with Crippen LogP contribution in [0.3, 0.4) is 0 Å². The largest absolute Gasteiger partial charge is 0.450 e. The molecule has 1 atom stereocenters. The number of benzene rings is 2. The summed E-state index contributed by atoms with van der Waals surface area (Å²) in [6, 6.07) is 16.2. The number of hydrogen-bond acceptors (Lipinski definition) is 4. The molecule has 6 heteroatoms. The lowest BCUT2D eigenvalue weighted by molar-refractivity contribution is 0.0310. The van der Waals surface area contributed by atoms with Crippen LogP contribution >= 0.6 is 0 Å². The molecule has 0 saturated heterocycles. The van der Waals surface area contributed by atoms with Gasteiger partial charge in [-0.25, -0.2) is 13.9 Å². The lowest BCUT2D eigenvalue weighted by Crippen LogP contribution is -2.25. The van der Waals surface area contributed by atoms with Crippen LogP contribution in [0.4, 0.5) is 4.39 Å². The predicted octanol–water partition coefficient (Wildman–Crippen LogP) is 4.32. The Morgan fingerprint density at radius 2 is 1.79 bits per heavy atom. The minimum Gasteiger partial charge on any atom is -0.450 e. The number of carbonyl (C=O) groups is 2. The number of ketones is 1. The Bertz CT molecular complexity index is 1010. The van der Waals surface area contributed by atoms with E-state index in [1.165, 1.54) is 31.2 Å². The number of ether oxygens (including phenoxy) is 1. The molecule has 2 aromatic carbocycles. The fourth-order valence-corrected chi connectivity index (χ4v) is 3.01. The second kappa shape index (κ2) is 7.38. The Morgan fingerprint density at radius 3 is 2.43 bits per heavy atom. The maximum Gasteiger partial charge on any atom is 0.357 e. The second-order valence-corrected chi connectivity index (χ2v) is 6.89. The number of hydrogen-bond donors (Lipinski definition) is 0. The van der Waals surface area contributed by atoms with Gasteiger partial charge in [0, 0.05) is 11.5 Å². The Kier molecular flexibility index (Phi) is 4.77. The molecule has 0 N–H and O–H groups in total. The molecule has 1 aromatic heterocycles. The third kappa shape index (κ3) is 3.71. The number of nitrogens with zero attached hydrogens (tertiary/aromatic N) is 2. The van der Waals surface area contributed by atoms with E-state index in [2.05, 4.69) is 5.10 Å². The Hall–Kier alpha value is -3.28. The third-order valence-corrected chi connectivity index (χ3v) is 4.72. The monoisotopic (exact) mass is 378 g/mol. The summed E-state index contributed by atoms with van der Waals surface area (Å²) in [5.41, 5.74) is 2.18. The van der Waals surface area contributed by atoms with Gasteiger partial charge in [0.25, 0.3) is 0 Å². The van der Waals surface area contributed by atoms with Crippen molar-refractivity contribution in [2.24, 2.45) is 0 Å². The van der Waals surface area contributed by atoms with Crippen molar-refractivity contribution >= 4 is 11.8 Å². The molecule has 3 aromatic rings. The highest BCUT2D eigenvalue weighted by Crippen LogP contribution is 2.39. The fraction of sp³-hybridized carbons (Fsp3) is 0.227. The quantitative estimate of drug-likeness (QED) is 0.473. The molecule has 28 heavy (non-hydrogen) atoms. The first-order chi connectivity index (χ1) is 13.5. The first-order valence-corrected chi connectivity index (χ1v) is 9.19. The molecule has 1 saturated carbocycles. The number of esters is 1. The standard InChI is InChI=1S/C22H19FN2O3/c1-14(21(26)16-9-11-17(23)12-10-16)28-22(27)20-13-19(15-7-8-15)24-25(20)18-5-3-2-4-6-18/h2-6,9-15H,7-8H2,1H3/t14-/m0/s1. The molecule has 5 nitrogen and oxygen atoms in total. The van der Waals surface area contributed by atoms with E-state index in [1.807, 2.05) is 30.3 Å². The van der Waals surface area contributed by atoms with Crippen molar-refractivity contribution in [1.29, 1.82) is 0 Å². The second-order valence-electron chi connectivity index (χ2n) is 6.89. The molecule has 0 amide bonds. The Balaban J connectivity index is 1.57. The summed E-state index contributed by atoms with van der Waals surface area (Å²) in [4.78, 5) is 25.3. The highest BCUT2D eigenvalue weighted by atomic mass is 19.1. The number of carbonyl (C=O) groups excluding carboxylic acids is 2. The van der Waals surface area contributed by atoms with Gasteiger partial charge in [-0.05, 0) is 62.2 Å². The first-order valence-electron chi connectivity index (χ1n) is 9.19. The summed E-state index contributed by atoms with van der Waals surface area (Å²) in [7, 11) is 0. The molecular weight excluding hydrogens is 359 g/mol. The molecule has 142 valence electrons. The van der Waals surface area contributed by atoms with Crippen molar-refractivity contribution in [2.45, 2.75) is 31.8 Å². The summed E-state index contributed by atoms with van der Waals surface area (Å²) in [6.07, 6.45) is 1.11. The number of halogens is 1. The zero-order valence-corrected chi connectivity index (χ0v) is 15.3. The highest BCUT2D eigenvalue weighted by molar-refractivity contribution is 6.01. The van der Waals surface area contributed by atoms with Crippen LogP contribution in [0, 0.1) is 5.82 Å². The molecule has 1 aliphatic rings. The molecule has 0 unspecified atom stereocenters. The van der Waals surface area contributed by atoms with E-state index in [-0.39, 0.29) is 17.0 Å². The molecule has 1 fully saturated rings. The van der Waals surface area contributed by atoms with Crippen LogP contribution in [-0.2, 0) is 4.74 Å². The predicted molar refractivity (Wildman–Crippen MR) is 101 cm³/mol. The smallest absolute Gasteiger partial charge is 0.357 e. The average Bonchev–Trinajstić information content (AvgIpc) is 3.46. The zero-order valence-electron chi connectivity index (χ0n) is 15.3. The van der Waals surface area contributed by atoms with Gasteiger partial charge >= 0.3 is 5.97 Å². The van der Waals surface area contributed by atoms with Gasteiger partial charge in [-0.2, -0.15) is 5.10 Å². The van der Waals surface area contributed by atoms with Crippen LogP contribution in [-0.4, -0.2) is 27.6 Å². The number of Topliss-reactive ketones (excluding diaryl/α,β-unsaturated/α-hetero) is 1. The van der Waals surface area contributed by atoms with E-state index < -0.39 is 17.9 Å². The maximum atomic E-state index is 13.1. The van der Waals surface area contributed by atoms with Crippen LogP contribution in [0.25, 0.3) is 5.69 Å². The van der Waals surface area contributed by atoms with E-state index >= 15 is 0 Å². The molecule has 1 aliphatic carbocycles.